The lowest BCUT2D eigenvalue weighted by atomic mass is 9.92. The third kappa shape index (κ3) is 4.58. The molecule has 5 rings (SSSR count). The van der Waals surface area contributed by atoms with Crippen molar-refractivity contribution < 1.29 is 14.4 Å². The molecule has 0 unspecified atom stereocenters. The number of hydrogen-bond acceptors (Lipinski definition) is 4. The Morgan fingerprint density at radius 1 is 0.857 bits per heavy atom. The van der Waals surface area contributed by atoms with Crippen molar-refractivity contribution in [2.75, 3.05) is 26.2 Å². The highest BCUT2D eigenvalue weighted by molar-refractivity contribution is 5.97. The van der Waals surface area contributed by atoms with E-state index in [1.165, 1.54) is 0 Å². The summed E-state index contributed by atoms with van der Waals surface area (Å²) >= 11 is 0. The summed E-state index contributed by atoms with van der Waals surface area (Å²) in [5.41, 5.74) is 6.79. The second kappa shape index (κ2) is 9.77. The number of carbonyl (C=O) groups excluding carboxylic acids is 3. The molecule has 1 atom stereocenters. The monoisotopic (exact) mass is 474 g/mol. The highest BCUT2D eigenvalue weighted by atomic mass is 16.2. The molecular weight excluding hydrogens is 444 g/mol. The van der Waals surface area contributed by atoms with Crippen molar-refractivity contribution in [2.45, 2.75) is 25.7 Å². The average molecular weight is 475 g/mol. The molecule has 0 aliphatic carbocycles. The fourth-order valence-corrected chi connectivity index (χ4v) is 5.15. The molecule has 3 amide bonds. The first-order valence-corrected chi connectivity index (χ1v) is 12.2. The molecule has 2 saturated heterocycles. The van der Waals surface area contributed by atoms with Crippen molar-refractivity contribution in [2.24, 2.45) is 17.6 Å². The molecule has 2 aromatic heterocycles. The smallest absolute Gasteiger partial charge is 0.259 e. The molecule has 1 aromatic carbocycles. The fourth-order valence-electron chi connectivity index (χ4n) is 5.15. The minimum atomic E-state index is -0.291. The van der Waals surface area contributed by atoms with Crippen LogP contribution in [-0.4, -0.2) is 68.0 Å². The standard InChI is InChI=1S/C26H30N6O3/c27-23(33)19-10-15-30(16-11-19)25(34)20-7-6-14-31(18-20)26(35)22-17-28-32(21-8-2-1-3-9-21)24(22)29-12-4-5-13-29/h1-5,8-9,12-13,17,19-20H,6-7,10-11,14-16,18H2,(H2,27,33)/t20-/m1/s1. The zero-order valence-corrected chi connectivity index (χ0v) is 19.6. The molecule has 0 saturated carbocycles. The van der Waals surface area contributed by atoms with Crippen LogP contribution in [0.25, 0.3) is 11.5 Å². The molecule has 0 bridgehead atoms. The normalized spacial score (nSPS) is 19.0. The number of piperidine rings is 2. The van der Waals surface area contributed by atoms with E-state index in [1.54, 1.807) is 15.8 Å². The molecular formula is C26H30N6O3. The molecule has 0 radical (unpaired) electrons. The van der Waals surface area contributed by atoms with Gasteiger partial charge in [-0.15, -0.1) is 0 Å². The minimum absolute atomic E-state index is 0.0658. The van der Waals surface area contributed by atoms with E-state index in [0.717, 1.165) is 18.5 Å². The Balaban J connectivity index is 1.35. The van der Waals surface area contributed by atoms with E-state index in [2.05, 4.69) is 5.10 Å². The van der Waals surface area contributed by atoms with Crippen molar-refractivity contribution in [3.8, 4) is 11.5 Å². The van der Waals surface area contributed by atoms with Crippen molar-refractivity contribution in [3.63, 3.8) is 0 Å². The van der Waals surface area contributed by atoms with E-state index in [4.69, 9.17) is 5.73 Å². The first kappa shape index (κ1) is 22.9. The van der Waals surface area contributed by atoms with E-state index >= 15 is 0 Å². The SMILES string of the molecule is NC(=O)C1CCN(C(=O)[C@@H]2CCCN(C(=O)c3cnn(-c4ccccc4)c3-n3cccc3)C2)CC1. The van der Waals surface area contributed by atoms with E-state index in [1.807, 2.05) is 64.3 Å². The largest absolute Gasteiger partial charge is 0.369 e. The summed E-state index contributed by atoms with van der Waals surface area (Å²) in [6, 6.07) is 13.5. The number of benzene rings is 1. The van der Waals surface area contributed by atoms with Crippen LogP contribution >= 0.6 is 0 Å². The highest BCUT2D eigenvalue weighted by Crippen LogP contribution is 2.26. The van der Waals surface area contributed by atoms with Gasteiger partial charge in [-0.05, 0) is 49.9 Å². The summed E-state index contributed by atoms with van der Waals surface area (Å²) in [5, 5.41) is 4.54. The molecule has 182 valence electrons. The Labute approximate surface area is 204 Å². The molecule has 2 aliphatic heterocycles. The Morgan fingerprint density at radius 2 is 1.57 bits per heavy atom. The molecule has 9 nitrogen and oxygen atoms in total. The second-order valence-electron chi connectivity index (χ2n) is 9.31. The maximum absolute atomic E-state index is 13.7. The van der Waals surface area contributed by atoms with Crippen LogP contribution in [0.1, 0.15) is 36.0 Å². The van der Waals surface area contributed by atoms with Crippen LogP contribution in [0.3, 0.4) is 0 Å². The van der Waals surface area contributed by atoms with Gasteiger partial charge < -0.3 is 20.1 Å². The van der Waals surface area contributed by atoms with Gasteiger partial charge in [0.05, 0.1) is 17.8 Å². The minimum Gasteiger partial charge on any atom is -0.369 e. The number of carbonyl (C=O) groups is 3. The predicted molar refractivity (Wildman–Crippen MR) is 130 cm³/mol. The second-order valence-corrected chi connectivity index (χ2v) is 9.31. The summed E-state index contributed by atoms with van der Waals surface area (Å²) in [5.74, 6) is -0.0696. The number of hydrogen-bond donors (Lipinski definition) is 1. The number of para-hydroxylation sites is 1. The third-order valence-corrected chi connectivity index (χ3v) is 7.09. The van der Waals surface area contributed by atoms with Crippen molar-refractivity contribution >= 4 is 17.7 Å². The Hall–Kier alpha value is -3.88. The number of amides is 3. The quantitative estimate of drug-likeness (QED) is 0.612. The predicted octanol–water partition coefficient (Wildman–Crippen LogP) is 2.24. The number of primary amides is 1. The average Bonchev–Trinajstić information content (AvgIpc) is 3.58. The molecule has 2 aliphatic rings. The summed E-state index contributed by atoms with van der Waals surface area (Å²) in [6.07, 6.45) is 8.14. The van der Waals surface area contributed by atoms with Crippen LogP contribution in [0.15, 0.2) is 61.1 Å². The van der Waals surface area contributed by atoms with Crippen LogP contribution < -0.4 is 5.73 Å². The molecule has 2 fully saturated rings. The molecule has 3 aromatic rings. The van der Waals surface area contributed by atoms with Gasteiger partial charge in [-0.3, -0.25) is 14.4 Å². The van der Waals surface area contributed by atoms with Crippen LogP contribution in [0, 0.1) is 11.8 Å². The van der Waals surface area contributed by atoms with Crippen LogP contribution in [-0.2, 0) is 9.59 Å². The van der Waals surface area contributed by atoms with Crippen molar-refractivity contribution in [3.05, 3.63) is 66.6 Å². The molecule has 4 heterocycles. The van der Waals surface area contributed by atoms with E-state index < -0.39 is 0 Å². The zero-order chi connectivity index (χ0) is 24.4. The maximum Gasteiger partial charge on any atom is 0.259 e. The lowest BCUT2D eigenvalue weighted by Crippen LogP contribution is -2.49. The molecule has 0 spiro atoms. The van der Waals surface area contributed by atoms with E-state index in [9.17, 15) is 14.4 Å². The summed E-state index contributed by atoms with van der Waals surface area (Å²) < 4.78 is 3.66. The maximum atomic E-state index is 13.7. The van der Waals surface area contributed by atoms with Gasteiger partial charge >= 0.3 is 0 Å². The number of nitrogens with two attached hydrogens (primary N) is 1. The zero-order valence-electron chi connectivity index (χ0n) is 19.6. The van der Waals surface area contributed by atoms with Gasteiger partial charge in [-0.2, -0.15) is 5.10 Å². The molecule has 35 heavy (non-hydrogen) atoms. The van der Waals surface area contributed by atoms with Crippen molar-refractivity contribution in [1.82, 2.24) is 24.1 Å². The van der Waals surface area contributed by atoms with E-state index in [0.29, 0.717) is 50.4 Å². The lowest BCUT2D eigenvalue weighted by molar-refractivity contribution is -0.139. The number of nitrogens with zero attached hydrogens (tertiary/aromatic N) is 5. The molecule has 2 N–H and O–H groups in total. The fraction of sp³-hybridized carbons (Fsp3) is 0.385. The van der Waals surface area contributed by atoms with Crippen LogP contribution in [0.4, 0.5) is 0 Å². The summed E-state index contributed by atoms with van der Waals surface area (Å²) in [6.45, 7) is 2.07. The first-order valence-electron chi connectivity index (χ1n) is 12.2. The van der Waals surface area contributed by atoms with Crippen molar-refractivity contribution in [1.29, 1.82) is 0 Å². The van der Waals surface area contributed by atoms with Gasteiger partial charge in [0, 0.05) is 44.5 Å². The number of aromatic nitrogens is 3. The van der Waals surface area contributed by atoms with Gasteiger partial charge in [-0.1, -0.05) is 18.2 Å². The van der Waals surface area contributed by atoms with Crippen LogP contribution in [0.2, 0.25) is 0 Å². The van der Waals surface area contributed by atoms with Crippen LogP contribution in [0.5, 0.6) is 0 Å². The van der Waals surface area contributed by atoms with Gasteiger partial charge in [0.25, 0.3) is 5.91 Å². The van der Waals surface area contributed by atoms with Gasteiger partial charge in [0.2, 0.25) is 11.8 Å². The van der Waals surface area contributed by atoms with E-state index in [-0.39, 0.29) is 29.6 Å². The Kier molecular flexibility index (Phi) is 6.39. The lowest BCUT2D eigenvalue weighted by Gasteiger charge is -2.37. The van der Waals surface area contributed by atoms with Gasteiger partial charge in [0.15, 0.2) is 5.82 Å². The third-order valence-electron chi connectivity index (χ3n) is 7.09. The highest BCUT2D eigenvalue weighted by Gasteiger charge is 2.35. The molecule has 9 heteroatoms. The van der Waals surface area contributed by atoms with Gasteiger partial charge in [-0.25, -0.2) is 4.68 Å². The Bertz CT molecular complexity index is 1200. The Morgan fingerprint density at radius 3 is 2.26 bits per heavy atom. The number of rotatable bonds is 5. The summed E-state index contributed by atoms with van der Waals surface area (Å²) in [7, 11) is 0. The number of likely N-dealkylation sites (tertiary alicyclic amines) is 2. The topological polar surface area (TPSA) is 106 Å². The first-order chi connectivity index (χ1) is 17.0. The van der Waals surface area contributed by atoms with Gasteiger partial charge in [0.1, 0.15) is 5.56 Å². The summed E-state index contributed by atoms with van der Waals surface area (Å²) in [4.78, 5) is 42.0.